The largest absolute Gasteiger partial charge is 0.396 e. The number of aliphatic hydroxyl groups excluding tert-OH is 1. The summed E-state index contributed by atoms with van der Waals surface area (Å²) in [6.45, 7) is 12.0. The van der Waals surface area contributed by atoms with E-state index in [9.17, 15) is 20.4 Å². The van der Waals surface area contributed by atoms with Crippen LogP contribution in [-0.2, 0) is 4.79 Å². The Bertz CT molecular complexity index is 3030. The lowest BCUT2D eigenvalue weighted by molar-refractivity contribution is -0.119. The van der Waals surface area contributed by atoms with Crippen LogP contribution < -0.4 is 15.1 Å². The van der Waals surface area contributed by atoms with Crippen molar-refractivity contribution < 1.29 is 9.90 Å². The van der Waals surface area contributed by atoms with Gasteiger partial charge in [0.25, 0.3) is 0 Å². The predicted octanol–water partition coefficient (Wildman–Crippen LogP) is 7.41. The molecule has 17 nitrogen and oxygen atoms in total. The molecule has 370 valence electrons. The topological polar surface area (TPSA) is 197 Å². The number of aromatic nitrogens is 8. The normalized spacial score (nSPS) is 21.0. The van der Waals surface area contributed by atoms with Gasteiger partial charge in [-0.1, -0.05) is 58.5 Å². The minimum absolute atomic E-state index is 0.000707. The van der Waals surface area contributed by atoms with Crippen molar-refractivity contribution in [2.24, 2.45) is 23.7 Å². The molecule has 5 unspecified atom stereocenters. The Balaban J connectivity index is 0.878. The van der Waals surface area contributed by atoms with E-state index in [0.717, 1.165) is 88.7 Å². The Morgan fingerprint density at radius 1 is 0.789 bits per heavy atom. The summed E-state index contributed by atoms with van der Waals surface area (Å²) in [5.41, 5.74) is 3.92. The van der Waals surface area contributed by atoms with Gasteiger partial charge in [0.15, 0.2) is 22.7 Å². The summed E-state index contributed by atoms with van der Waals surface area (Å²) in [5.74, 6) is 3.26. The van der Waals surface area contributed by atoms with Gasteiger partial charge < -0.3 is 25.1 Å². The monoisotopic (exact) mass is 1040 g/mol. The second kappa shape index (κ2) is 21.0. The number of piperidine rings is 1. The highest BCUT2D eigenvalue weighted by Gasteiger charge is 2.43. The number of anilines is 2. The van der Waals surface area contributed by atoms with E-state index in [-0.39, 0.29) is 36.0 Å². The van der Waals surface area contributed by atoms with Gasteiger partial charge in [0.2, 0.25) is 5.91 Å². The van der Waals surface area contributed by atoms with E-state index in [4.69, 9.17) is 71.4 Å². The third-order valence-corrected chi connectivity index (χ3v) is 16.3. The summed E-state index contributed by atoms with van der Waals surface area (Å²) >= 11 is 26.4. The molecule has 4 aliphatic heterocycles. The first kappa shape index (κ1) is 49.2. The first-order chi connectivity index (χ1) is 34.4. The van der Waals surface area contributed by atoms with E-state index in [1.165, 1.54) is 6.42 Å². The van der Waals surface area contributed by atoms with Crippen molar-refractivity contribution >= 4 is 86.3 Å². The molecule has 5 atom stereocenters. The quantitative estimate of drug-likeness (QED) is 0.0972. The van der Waals surface area contributed by atoms with E-state index in [0.29, 0.717) is 91.3 Å². The maximum atomic E-state index is 11.4. The number of hydrogen-bond acceptors (Lipinski definition) is 14. The second-order valence-corrected chi connectivity index (χ2v) is 21.3. The lowest BCUT2D eigenvalue weighted by atomic mass is 9.80. The van der Waals surface area contributed by atoms with Crippen molar-refractivity contribution in [3.05, 3.63) is 91.4 Å². The minimum Gasteiger partial charge on any atom is -0.396 e. The van der Waals surface area contributed by atoms with Gasteiger partial charge in [0, 0.05) is 98.6 Å². The molecule has 71 heavy (non-hydrogen) atoms. The highest BCUT2D eigenvalue weighted by molar-refractivity contribution is 6.35. The van der Waals surface area contributed by atoms with Crippen molar-refractivity contribution in [2.75, 3.05) is 81.9 Å². The molecule has 8 heterocycles. The summed E-state index contributed by atoms with van der Waals surface area (Å²) in [5, 5.41) is 44.9. The Hall–Kier alpha value is -5.37. The number of likely N-dealkylation sites (tertiary alicyclic amines) is 2. The zero-order valence-corrected chi connectivity index (χ0v) is 42.6. The van der Waals surface area contributed by atoms with Crippen molar-refractivity contribution in [1.82, 2.24) is 54.6 Å². The van der Waals surface area contributed by atoms with Crippen LogP contribution in [-0.4, -0.2) is 138 Å². The average Bonchev–Trinajstić information content (AvgIpc) is 4.02. The van der Waals surface area contributed by atoms with Gasteiger partial charge in [0.1, 0.15) is 34.8 Å². The first-order valence-electron chi connectivity index (χ1n) is 24.4. The number of amides is 1. The van der Waals surface area contributed by atoms with E-state index in [1.54, 1.807) is 42.2 Å². The Kier molecular flexibility index (Phi) is 14.6. The number of nitrogens with one attached hydrogen (secondary N) is 1. The lowest BCUT2D eigenvalue weighted by Crippen LogP contribution is -2.54. The van der Waals surface area contributed by atoms with E-state index in [1.807, 2.05) is 29.8 Å². The van der Waals surface area contributed by atoms with Crippen LogP contribution >= 0.6 is 46.4 Å². The zero-order chi connectivity index (χ0) is 49.5. The Labute approximate surface area is 432 Å². The summed E-state index contributed by atoms with van der Waals surface area (Å²) in [6, 6.07) is 14.6. The molecule has 0 radical (unpaired) electrons. The lowest BCUT2D eigenvalue weighted by Gasteiger charge is -2.47. The van der Waals surface area contributed by atoms with E-state index in [2.05, 4.69) is 42.2 Å². The number of nitriles is 2. The molecule has 2 N–H and O–H groups in total. The predicted molar refractivity (Wildman–Crippen MR) is 274 cm³/mol. The smallest absolute Gasteiger partial charge is 0.216 e. The van der Waals surface area contributed by atoms with Crippen LogP contribution in [0.3, 0.4) is 0 Å². The molecule has 4 fully saturated rings. The molecule has 4 saturated heterocycles. The molecular formula is C50H55Cl4N15O2. The molecule has 0 saturated carbocycles. The maximum absolute atomic E-state index is 11.4. The molecule has 4 aliphatic rings. The van der Waals surface area contributed by atoms with Crippen molar-refractivity contribution in [2.45, 2.75) is 64.1 Å². The van der Waals surface area contributed by atoms with Crippen molar-refractivity contribution in [3.8, 4) is 12.1 Å². The third-order valence-electron chi connectivity index (χ3n) is 15.2. The average molecular weight is 1040 g/mol. The highest BCUT2D eigenvalue weighted by Crippen LogP contribution is 2.42. The molecule has 6 aromatic rings. The number of carbonyl (C=O) groups excluding carboxylic acids is 1. The van der Waals surface area contributed by atoms with Crippen molar-refractivity contribution in [3.63, 3.8) is 0 Å². The van der Waals surface area contributed by atoms with Gasteiger partial charge in [-0.25, -0.2) is 29.3 Å². The van der Waals surface area contributed by atoms with Gasteiger partial charge in [-0.05, 0) is 105 Å². The van der Waals surface area contributed by atoms with Gasteiger partial charge in [0.05, 0.1) is 24.5 Å². The van der Waals surface area contributed by atoms with Crippen molar-refractivity contribution in [1.29, 1.82) is 10.5 Å². The standard InChI is InChI=1S/C50H55Cl4N15O2/c1-29(38-8-6-35(51)16-40(38)53)68-49-47(42(19-55)62-68)58-21-45(60-49)67-27-34(28-67)32-15-37(65(24-32)12-4-14-70)18-44(39-9-7-36(52)17-41(39)54)69-50-48(43(20-56)63-69)59-22-46(61-50)66-25-33(26-66)31-5-3-11-64(23-31)13-10-57-30(2)71/h6-9,16-17,21-22,29,31-34,37,44,70H,3-5,10-15,18,23-28H2,1-2H3,(H,57,71). The third kappa shape index (κ3) is 10.1. The summed E-state index contributed by atoms with van der Waals surface area (Å²) < 4.78 is 3.56. The van der Waals surface area contributed by atoms with Crippen LogP contribution in [0.1, 0.15) is 80.6 Å². The molecule has 10 rings (SSSR count). The number of aliphatic hydroxyl groups is 1. The van der Waals surface area contributed by atoms with Gasteiger partial charge in [-0.15, -0.1) is 0 Å². The number of fused-ring (bicyclic) bond motifs is 2. The SMILES string of the molecule is CC(=O)NCCN1CCCC(C2CN(c3cnc4c(C#N)nn(C(CC5CC(C6CN(c7cnc8c(C#N)nn(C(C)c9ccc(Cl)cc9Cl)c8n7)C6)CN5CCCO)c5ccc(Cl)cc5Cl)c4n3)C2)C1. The first-order valence-corrected chi connectivity index (χ1v) is 25.9. The molecule has 0 aliphatic carbocycles. The van der Waals surface area contributed by atoms with Gasteiger partial charge >= 0.3 is 0 Å². The van der Waals surface area contributed by atoms with Gasteiger partial charge in [-0.2, -0.15) is 20.7 Å². The Morgan fingerprint density at radius 2 is 1.38 bits per heavy atom. The van der Waals surface area contributed by atoms with E-state index < -0.39 is 6.04 Å². The fourth-order valence-electron chi connectivity index (χ4n) is 11.3. The fraction of sp³-hybridized carbons (Fsp3) is 0.500. The van der Waals surface area contributed by atoms with Crippen LogP contribution in [0.15, 0.2) is 48.8 Å². The molecule has 21 heteroatoms. The fourth-order valence-corrected chi connectivity index (χ4v) is 12.4. The molecule has 0 bridgehead atoms. The molecule has 1 amide bonds. The Morgan fingerprint density at radius 3 is 1.97 bits per heavy atom. The van der Waals surface area contributed by atoms with Crippen LogP contribution in [0.5, 0.6) is 0 Å². The zero-order valence-electron chi connectivity index (χ0n) is 39.6. The summed E-state index contributed by atoms with van der Waals surface area (Å²) in [4.78, 5) is 40.7. The number of nitrogens with zero attached hydrogens (tertiary/aromatic N) is 14. The highest BCUT2D eigenvalue weighted by atomic mass is 35.5. The summed E-state index contributed by atoms with van der Waals surface area (Å²) in [7, 11) is 0. The molecule has 0 spiro atoms. The van der Waals surface area contributed by atoms with Crippen LogP contribution in [0.2, 0.25) is 20.1 Å². The number of hydrogen-bond donors (Lipinski definition) is 2. The minimum atomic E-state index is -0.419. The number of carbonyl (C=O) groups is 1. The number of rotatable bonds is 16. The molecular weight excluding hydrogens is 984 g/mol. The molecule has 2 aromatic carbocycles. The molecule has 4 aromatic heterocycles. The maximum Gasteiger partial charge on any atom is 0.216 e. The van der Waals surface area contributed by atoms with Crippen LogP contribution in [0.25, 0.3) is 22.3 Å². The summed E-state index contributed by atoms with van der Waals surface area (Å²) in [6.07, 6.45) is 7.95. The number of halogens is 4. The van der Waals surface area contributed by atoms with E-state index >= 15 is 0 Å². The number of benzene rings is 2. The second-order valence-electron chi connectivity index (χ2n) is 19.6. The van der Waals surface area contributed by atoms with Gasteiger partial charge in [-0.3, -0.25) is 9.69 Å². The van der Waals surface area contributed by atoms with Crippen LogP contribution in [0, 0.1) is 46.3 Å². The van der Waals surface area contributed by atoms with Crippen LogP contribution in [0.4, 0.5) is 11.6 Å².